The molecule has 1 fully saturated rings. The maximum Gasteiger partial charge on any atom is 0.315 e. The van der Waals surface area contributed by atoms with Crippen LogP contribution in [0, 0.1) is 19.8 Å². The monoisotopic (exact) mass is 294 g/mol. The van der Waals surface area contributed by atoms with Crippen LogP contribution in [-0.2, 0) is 18.4 Å². The summed E-state index contributed by atoms with van der Waals surface area (Å²) in [5.74, 6) is -1.11. The van der Waals surface area contributed by atoms with Crippen LogP contribution in [-0.4, -0.2) is 32.9 Å². The summed E-state index contributed by atoms with van der Waals surface area (Å²) < 4.78 is 1.79. The lowest BCUT2D eigenvalue weighted by Crippen LogP contribution is -2.41. The van der Waals surface area contributed by atoms with Crippen LogP contribution in [0.1, 0.15) is 36.2 Å². The number of aliphatic carboxylic acids is 1. The van der Waals surface area contributed by atoms with Crippen molar-refractivity contribution in [2.75, 3.05) is 0 Å². The SMILES string of the molecule is Cc1nn(C)c(C)c1CNC(=O)NC1CCC(C(=O)O)C1. The Morgan fingerprint density at radius 1 is 1.38 bits per heavy atom. The van der Waals surface area contributed by atoms with Crippen molar-refractivity contribution in [3.05, 3.63) is 17.0 Å². The minimum absolute atomic E-state index is 0.0535. The largest absolute Gasteiger partial charge is 0.481 e. The Bertz CT molecular complexity index is 553. The summed E-state index contributed by atoms with van der Waals surface area (Å²) in [7, 11) is 1.87. The van der Waals surface area contributed by atoms with E-state index in [1.807, 2.05) is 20.9 Å². The zero-order valence-electron chi connectivity index (χ0n) is 12.6. The zero-order valence-corrected chi connectivity index (χ0v) is 12.6. The van der Waals surface area contributed by atoms with Crippen molar-refractivity contribution in [1.29, 1.82) is 0 Å². The highest BCUT2D eigenvalue weighted by molar-refractivity contribution is 5.75. The molecular formula is C14H22N4O3. The van der Waals surface area contributed by atoms with Crippen LogP contribution in [0.15, 0.2) is 0 Å². The van der Waals surface area contributed by atoms with Gasteiger partial charge in [0.25, 0.3) is 0 Å². The van der Waals surface area contributed by atoms with Gasteiger partial charge in [-0.2, -0.15) is 5.10 Å². The van der Waals surface area contributed by atoms with E-state index in [2.05, 4.69) is 15.7 Å². The third-order valence-electron chi connectivity index (χ3n) is 4.20. The predicted octanol–water partition coefficient (Wildman–Crippen LogP) is 1.09. The van der Waals surface area contributed by atoms with Gasteiger partial charge in [0.15, 0.2) is 0 Å². The van der Waals surface area contributed by atoms with E-state index in [0.717, 1.165) is 23.4 Å². The normalized spacial score (nSPS) is 21.3. The molecule has 0 spiro atoms. The van der Waals surface area contributed by atoms with E-state index in [9.17, 15) is 9.59 Å². The molecule has 0 saturated heterocycles. The topological polar surface area (TPSA) is 96.3 Å². The lowest BCUT2D eigenvalue weighted by atomic mass is 10.1. The van der Waals surface area contributed by atoms with E-state index >= 15 is 0 Å². The number of aromatic nitrogens is 2. The predicted molar refractivity (Wildman–Crippen MR) is 76.8 cm³/mol. The maximum atomic E-state index is 11.9. The smallest absolute Gasteiger partial charge is 0.315 e. The summed E-state index contributed by atoms with van der Waals surface area (Å²) in [6.07, 6.45) is 1.85. The second-order valence-electron chi connectivity index (χ2n) is 5.65. The third kappa shape index (κ3) is 3.53. The lowest BCUT2D eigenvalue weighted by molar-refractivity contribution is -0.141. The van der Waals surface area contributed by atoms with Crippen LogP contribution >= 0.6 is 0 Å². The highest BCUT2D eigenvalue weighted by atomic mass is 16.4. The van der Waals surface area contributed by atoms with E-state index in [0.29, 0.717) is 19.4 Å². The molecule has 116 valence electrons. The molecule has 3 N–H and O–H groups in total. The van der Waals surface area contributed by atoms with Crippen molar-refractivity contribution in [3.8, 4) is 0 Å². The number of carbonyl (C=O) groups excluding carboxylic acids is 1. The number of urea groups is 1. The van der Waals surface area contributed by atoms with Gasteiger partial charge in [-0.1, -0.05) is 0 Å². The standard InChI is InChI=1S/C14H22N4O3/c1-8-12(9(2)18(3)17-8)7-15-14(21)16-11-5-4-10(6-11)13(19)20/h10-11H,4-7H2,1-3H3,(H,19,20)(H2,15,16,21). The summed E-state index contributed by atoms with van der Waals surface area (Å²) in [5, 5.41) is 18.9. The van der Waals surface area contributed by atoms with Crippen LogP contribution < -0.4 is 10.6 Å². The fourth-order valence-corrected chi connectivity index (χ4v) is 2.82. The molecule has 0 bridgehead atoms. The highest BCUT2D eigenvalue weighted by Gasteiger charge is 2.30. The molecule has 2 atom stereocenters. The Labute approximate surface area is 123 Å². The Hall–Kier alpha value is -2.05. The van der Waals surface area contributed by atoms with Gasteiger partial charge in [0, 0.05) is 30.9 Å². The van der Waals surface area contributed by atoms with Crippen molar-refractivity contribution in [2.24, 2.45) is 13.0 Å². The van der Waals surface area contributed by atoms with Gasteiger partial charge < -0.3 is 15.7 Å². The molecule has 21 heavy (non-hydrogen) atoms. The first-order valence-corrected chi connectivity index (χ1v) is 7.14. The van der Waals surface area contributed by atoms with Crippen molar-refractivity contribution in [1.82, 2.24) is 20.4 Å². The van der Waals surface area contributed by atoms with Gasteiger partial charge in [-0.15, -0.1) is 0 Å². The summed E-state index contributed by atoms with van der Waals surface area (Å²) in [5.41, 5.74) is 2.95. The molecule has 2 rings (SSSR count). The van der Waals surface area contributed by atoms with Crippen molar-refractivity contribution >= 4 is 12.0 Å². The first-order chi connectivity index (χ1) is 9.88. The second kappa shape index (κ2) is 6.15. The molecule has 2 amide bonds. The second-order valence-corrected chi connectivity index (χ2v) is 5.65. The van der Waals surface area contributed by atoms with Gasteiger partial charge in [0.1, 0.15) is 0 Å². The van der Waals surface area contributed by atoms with E-state index in [-0.39, 0.29) is 18.0 Å². The van der Waals surface area contributed by atoms with Crippen molar-refractivity contribution in [3.63, 3.8) is 0 Å². The highest BCUT2D eigenvalue weighted by Crippen LogP contribution is 2.25. The first-order valence-electron chi connectivity index (χ1n) is 7.14. The number of aryl methyl sites for hydroxylation is 2. The fourth-order valence-electron chi connectivity index (χ4n) is 2.82. The molecule has 1 aliphatic rings. The molecule has 1 aliphatic carbocycles. The van der Waals surface area contributed by atoms with Crippen molar-refractivity contribution < 1.29 is 14.7 Å². The average molecular weight is 294 g/mol. The molecule has 1 saturated carbocycles. The molecule has 7 heteroatoms. The average Bonchev–Trinajstić information content (AvgIpc) is 2.95. The number of nitrogens with zero attached hydrogens (tertiary/aromatic N) is 2. The van der Waals surface area contributed by atoms with Gasteiger partial charge in [0.05, 0.1) is 11.6 Å². The Morgan fingerprint density at radius 3 is 2.62 bits per heavy atom. The third-order valence-corrected chi connectivity index (χ3v) is 4.20. The van der Waals surface area contributed by atoms with Crippen LogP contribution in [0.5, 0.6) is 0 Å². The van der Waals surface area contributed by atoms with Gasteiger partial charge >= 0.3 is 12.0 Å². The first kappa shape index (κ1) is 15.3. The van der Waals surface area contributed by atoms with Gasteiger partial charge in [-0.05, 0) is 33.1 Å². The number of carbonyl (C=O) groups is 2. The molecule has 7 nitrogen and oxygen atoms in total. The molecule has 1 aromatic heterocycles. The zero-order chi connectivity index (χ0) is 15.6. The van der Waals surface area contributed by atoms with Crippen LogP contribution in [0.25, 0.3) is 0 Å². The summed E-state index contributed by atoms with van der Waals surface area (Å²) in [4.78, 5) is 22.8. The number of hydrogen-bond acceptors (Lipinski definition) is 3. The number of nitrogens with one attached hydrogen (secondary N) is 2. The van der Waals surface area contributed by atoms with E-state index in [4.69, 9.17) is 5.11 Å². The quantitative estimate of drug-likeness (QED) is 0.774. The number of amides is 2. The number of carboxylic acids is 1. The Kier molecular flexibility index (Phi) is 4.50. The minimum Gasteiger partial charge on any atom is -0.481 e. The van der Waals surface area contributed by atoms with Gasteiger partial charge in [-0.25, -0.2) is 4.79 Å². The number of hydrogen-bond donors (Lipinski definition) is 3. The van der Waals surface area contributed by atoms with Gasteiger partial charge in [0.2, 0.25) is 0 Å². The molecule has 0 aliphatic heterocycles. The molecule has 0 radical (unpaired) electrons. The molecule has 0 aromatic carbocycles. The molecular weight excluding hydrogens is 272 g/mol. The van der Waals surface area contributed by atoms with Crippen LogP contribution in [0.3, 0.4) is 0 Å². The van der Waals surface area contributed by atoms with Crippen LogP contribution in [0.4, 0.5) is 4.79 Å². The summed E-state index contributed by atoms with van der Waals surface area (Å²) in [6.45, 7) is 4.30. The van der Waals surface area contributed by atoms with Gasteiger partial charge in [-0.3, -0.25) is 9.48 Å². The molecule has 1 aromatic rings. The Balaban J connectivity index is 1.82. The molecule has 2 unspecified atom stereocenters. The number of rotatable bonds is 4. The summed E-state index contributed by atoms with van der Waals surface area (Å²) in [6, 6.07) is -0.309. The maximum absolute atomic E-state index is 11.9. The Morgan fingerprint density at radius 2 is 2.10 bits per heavy atom. The fraction of sp³-hybridized carbons (Fsp3) is 0.643. The van der Waals surface area contributed by atoms with Crippen molar-refractivity contribution in [2.45, 2.75) is 45.7 Å². The molecule has 1 heterocycles. The number of carboxylic acid groups (broad SMARTS) is 1. The lowest BCUT2D eigenvalue weighted by Gasteiger charge is -2.13. The van der Waals surface area contributed by atoms with Crippen LogP contribution in [0.2, 0.25) is 0 Å². The van der Waals surface area contributed by atoms with E-state index in [1.165, 1.54) is 0 Å². The van der Waals surface area contributed by atoms with E-state index < -0.39 is 5.97 Å². The minimum atomic E-state index is -0.777. The van der Waals surface area contributed by atoms with E-state index in [1.54, 1.807) is 4.68 Å². The summed E-state index contributed by atoms with van der Waals surface area (Å²) >= 11 is 0.